The number of phenols is 2. The topological polar surface area (TPSA) is 116 Å². The number of aromatic hydroxyl groups is 2. The molecule has 0 aromatic heterocycles. The van der Waals surface area contributed by atoms with Gasteiger partial charge in [0.15, 0.2) is 0 Å². The molecule has 0 saturated carbocycles. The molecule has 180 valence electrons. The van der Waals surface area contributed by atoms with Crippen molar-refractivity contribution in [1.82, 2.24) is 0 Å². The third-order valence-corrected chi connectivity index (χ3v) is 5.35. The fraction of sp³-hybridized carbons (Fsp3) is 0.0345. The first kappa shape index (κ1) is 24.1. The number of rotatable bonds is 4. The summed E-state index contributed by atoms with van der Waals surface area (Å²) in [7, 11) is 0. The number of aromatic carboxylic acids is 1. The normalized spacial score (nSPS) is 10.3. The molecule has 1 amide bonds. The van der Waals surface area contributed by atoms with E-state index in [4.69, 9.17) is 9.84 Å². The van der Waals surface area contributed by atoms with Gasteiger partial charge in [-0.1, -0.05) is 54.6 Å². The standard InChI is InChI=1S/C18H15NO3.C11H8O3/c20-17-9-7-14-10-16(8-6-15(14)11-17)19-18(21)22-12-13-4-2-1-3-5-13;12-10-4-3-7-5-9(11(13)14)2-1-8(7)6-10/h1-11,20H,12H2,(H,19,21);1-6,12H,(H,13,14). The molecular weight excluding hydrogens is 458 g/mol. The molecule has 7 nitrogen and oxygen atoms in total. The van der Waals surface area contributed by atoms with Crippen molar-refractivity contribution in [1.29, 1.82) is 0 Å². The number of carboxylic acids is 1. The second-order valence-corrected chi connectivity index (χ2v) is 7.98. The van der Waals surface area contributed by atoms with Crippen molar-refractivity contribution >= 4 is 39.3 Å². The third kappa shape index (κ3) is 6.30. The molecule has 0 heterocycles. The first-order chi connectivity index (χ1) is 17.4. The number of amides is 1. The Morgan fingerprint density at radius 1 is 0.667 bits per heavy atom. The van der Waals surface area contributed by atoms with Crippen molar-refractivity contribution in [3.8, 4) is 11.5 Å². The molecule has 0 unspecified atom stereocenters. The van der Waals surface area contributed by atoms with Gasteiger partial charge in [-0.3, -0.25) is 5.32 Å². The minimum Gasteiger partial charge on any atom is -0.508 e. The summed E-state index contributed by atoms with van der Waals surface area (Å²) in [5, 5.41) is 33.5. The lowest BCUT2D eigenvalue weighted by atomic mass is 10.1. The van der Waals surface area contributed by atoms with Gasteiger partial charge in [-0.15, -0.1) is 0 Å². The molecule has 0 aliphatic rings. The van der Waals surface area contributed by atoms with E-state index in [1.807, 2.05) is 42.5 Å². The van der Waals surface area contributed by atoms with Crippen LogP contribution in [0.4, 0.5) is 10.5 Å². The Labute approximate surface area is 206 Å². The van der Waals surface area contributed by atoms with Gasteiger partial charge in [0, 0.05) is 5.69 Å². The van der Waals surface area contributed by atoms with Crippen molar-refractivity contribution in [2.24, 2.45) is 0 Å². The average molecular weight is 482 g/mol. The molecule has 5 aromatic carbocycles. The van der Waals surface area contributed by atoms with Gasteiger partial charge in [-0.05, 0) is 75.6 Å². The predicted octanol–water partition coefficient (Wildman–Crippen LogP) is 6.54. The van der Waals surface area contributed by atoms with Crippen LogP contribution in [-0.4, -0.2) is 27.4 Å². The van der Waals surface area contributed by atoms with Crippen LogP contribution in [0.1, 0.15) is 15.9 Å². The van der Waals surface area contributed by atoms with Gasteiger partial charge >= 0.3 is 12.1 Å². The van der Waals surface area contributed by atoms with Crippen LogP contribution in [0.5, 0.6) is 11.5 Å². The van der Waals surface area contributed by atoms with Crippen molar-refractivity contribution in [3.05, 3.63) is 114 Å². The van der Waals surface area contributed by atoms with Crippen LogP contribution in [0.15, 0.2) is 103 Å². The second-order valence-electron chi connectivity index (χ2n) is 7.98. The number of hydrogen-bond donors (Lipinski definition) is 4. The molecule has 0 aliphatic carbocycles. The highest BCUT2D eigenvalue weighted by atomic mass is 16.5. The largest absolute Gasteiger partial charge is 0.508 e. The first-order valence-electron chi connectivity index (χ1n) is 11.0. The van der Waals surface area contributed by atoms with Crippen molar-refractivity contribution in [2.75, 3.05) is 5.32 Å². The zero-order valence-corrected chi connectivity index (χ0v) is 19.1. The fourth-order valence-corrected chi connectivity index (χ4v) is 3.55. The van der Waals surface area contributed by atoms with E-state index in [1.165, 1.54) is 12.1 Å². The Morgan fingerprint density at radius 2 is 1.22 bits per heavy atom. The summed E-state index contributed by atoms with van der Waals surface area (Å²) in [5.74, 6) is -0.545. The van der Waals surface area contributed by atoms with Crippen LogP contribution >= 0.6 is 0 Å². The zero-order valence-electron chi connectivity index (χ0n) is 19.1. The van der Waals surface area contributed by atoms with E-state index < -0.39 is 12.1 Å². The van der Waals surface area contributed by atoms with Gasteiger partial charge < -0.3 is 20.1 Å². The lowest BCUT2D eigenvalue weighted by Crippen LogP contribution is -2.13. The minimum atomic E-state index is -0.944. The maximum absolute atomic E-state index is 11.8. The van der Waals surface area contributed by atoms with Gasteiger partial charge in [0.25, 0.3) is 0 Å². The minimum absolute atomic E-state index is 0.181. The first-order valence-corrected chi connectivity index (χ1v) is 11.0. The lowest BCUT2D eigenvalue weighted by Gasteiger charge is -2.08. The van der Waals surface area contributed by atoms with Crippen molar-refractivity contribution in [2.45, 2.75) is 6.61 Å². The quantitative estimate of drug-likeness (QED) is 0.232. The summed E-state index contributed by atoms with van der Waals surface area (Å²) < 4.78 is 5.17. The van der Waals surface area contributed by atoms with Crippen LogP contribution in [-0.2, 0) is 11.3 Å². The van der Waals surface area contributed by atoms with Gasteiger partial charge in [-0.25, -0.2) is 9.59 Å². The number of carbonyl (C=O) groups is 2. The maximum Gasteiger partial charge on any atom is 0.411 e. The summed E-state index contributed by atoms with van der Waals surface area (Å²) in [5.41, 5.74) is 1.84. The Bertz CT molecular complexity index is 1530. The monoisotopic (exact) mass is 481 g/mol. The Kier molecular flexibility index (Phi) is 7.31. The summed E-state index contributed by atoms with van der Waals surface area (Å²) >= 11 is 0. The lowest BCUT2D eigenvalue weighted by molar-refractivity contribution is 0.0697. The smallest absolute Gasteiger partial charge is 0.411 e. The maximum atomic E-state index is 11.8. The van der Waals surface area contributed by atoms with Crippen LogP contribution < -0.4 is 5.32 Å². The molecule has 5 rings (SSSR count). The Hall–Kier alpha value is -5.04. The third-order valence-electron chi connectivity index (χ3n) is 5.35. The second kappa shape index (κ2) is 10.9. The highest BCUT2D eigenvalue weighted by Crippen LogP contribution is 2.23. The summed E-state index contributed by atoms with van der Waals surface area (Å²) in [6.45, 7) is 0.230. The van der Waals surface area contributed by atoms with E-state index >= 15 is 0 Å². The number of carbonyl (C=O) groups excluding carboxylic acids is 1. The molecular formula is C29H23NO6. The SMILES string of the molecule is O=C(Nc1ccc2cc(O)ccc2c1)OCc1ccccc1.O=C(O)c1ccc2cc(O)ccc2c1. The van der Waals surface area contributed by atoms with Crippen LogP contribution in [0, 0.1) is 0 Å². The van der Waals surface area contributed by atoms with Gasteiger partial charge in [-0.2, -0.15) is 0 Å². The number of anilines is 1. The Morgan fingerprint density at radius 3 is 1.86 bits per heavy atom. The molecule has 4 N–H and O–H groups in total. The van der Waals surface area contributed by atoms with Crippen LogP contribution in [0.25, 0.3) is 21.5 Å². The van der Waals surface area contributed by atoms with E-state index in [0.29, 0.717) is 5.69 Å². The van der Waals surface area contributed by atoms with Gasteiger partial charge in [0.1, 0.15) is 18.1 Å². The number of phenolic OH excluding ortho intramolecular Hbond substituents is 2. The molecule has 0 spiro atoms. The molecule has 5 aromatic rings. The molecule has 0 bridgehead atoms. The Balaban J connectivity index is 0.000000187. The van der Waals surface area contributed by atoms with Gasteiger partial charge in [0.2, 0.25) is 0 Å². The van der Waals surface area contributed by atoms with E-state index in [1.54, 1.807) is 48.5 Å². The number of fused-ring (bicyclic) bond motifs is 2. The van der Waals surface area contributed by atoms with Crippen LogP contribution in [0.2, 0.25) is 0 Å². The number of benzene rings is 5. The molecule has 0 atom stereocenters. The molecule has 0 fully saturated rings. The summed E-state index contributed by atoms with van der Waals surface area (Å²) in [6.07, 6.45) is -0.498. The van der Waals surface area contributed by atoms with E-state index in [0.717, 1.165) is 27.1 Å². The van der Waals surface area contributed by atoms with Crippen molar-refractivity contribution in [3.63, 3.8) is 0 Å². The van der Waals surface area contributed by atoms with Crippen molar-refractivity contribution < 1.29 is 29.6 Å². The summed E-state index contributed by atoms with van der Waals surface area (Å²) in [6, 6.07) is 29.6. The molecule has 36 heavy (non-hydrogen) atoms. The van der Waals surface area contributed by atoms with E-state index in [2.05, 4.69) is 5.32 Å². The summed E-state index contributed by atoms with van der Waals surface area (Å²) in [4.78, 5) is 22.5. The highest BCUT2D eigenvalue weighted by Gasteiger charge is 2.05. The van der Waals surface area contributed by atoms with E-state index in [-0.39, 0.29) is 23.7 Å². The predicted molar refractivity (Wildman–Crippen MR) is 138 cm³/mol. The zero-order chi connectivity index (χ0) is 25.5. The highest BCUT2D eigenvalue weighted by molar-refractivity contribution is 5.95. The number of nitrogens with one attached hydrogen (secondary N) is 1. The number of carboxylic acid groups (broad SMARTS) is 1. The molecule has 7 heteroatoms. The fourth-order valence-electron chi connectivity index (χ4n) is 3.55. The van der Waals surface area contributed by atoms with Gasteiger partial charge in [0.05, 0.1) is 5.56 Å². The molecule has 0 radical (unpaired) electrons. The van der Waals surface area contributed by atoms with E-state index in [9.17, 15) is 19.8 Å². The number of ether oxygens (including phenoxy) is 1. The van der Waals surface area contributed by atoms with Crippen LogP contribution in [0.3, 0.4) is 0 Å². The number of hydrogen-bond acceptors (Lipinski definition) is 5. The molecule has 0 aliphatic heterocycles. The average Bonchev–Trinajstić information content (AvgIpc) is 2.88. The molecule has 0 saturated heterocycles.